The number of hydrogen-bond donors (Lipinski definition) is 2. The molecule has 0 bridgehead atoms. The van der Waals surface area contributed by atoms with Crippen LogP contribution in [0.2, 0.25) is 5.02 Å². The molecule has 1 aromatic rings. The summed E-state index contributed by atoms with van der Waals surface area (Å²) in [5.41, 5.74) is -1.04. The Hall–Kier alpha value is -1.99. The number of carbonyl (C=O) groups excluding carboxylic acids is 1. The third-order valence-corrected chi connectivity index (χ3v) is 4.63. The molecule has 0 spiro atoms. The van der Waals surface area contributed by atoms with Crippen LogP contribution in [-0.4, -0.2) is 58.9 Å². The molecule has 1 fully saturated rings. The number of carbonyl (C=O) groups is 2. The van der Waals surface area contributed by atoms with Crippen molar-refractivity contribution in [3.05, 3.63) is 22.7 Å². The second-order valence-electron chi connectivity index (χ2n) is 6.00. The summed E-state index contributed by atoms with van der Waals surface area (Å²) in [4.78, 5) is 25.0. The summed E-state index contributed by atoms with van der Waals surface area (Å²) < 4.78 is 10.9. The monoisotopic (exact) mass is 355 g/mol. The number of likely N-dealkylation sites (tertiary alicyclic amines) is 1. The predicted octanol–water partition coefficient (Wildman–Crippen LogP) is 1.09. The van der Waals surface area contributed by atoms with Gasteiger partial charge in [0.2, 0.25) is 5.91 Å². The molecule has 2 N–H and O–H groups in total. The molecule has 0 radical (unpaired) electrons. The Morgan fingerprint density at radius 3 is 2.54 bits per heavy atom. The molecule has 1 saturated heterocycles. The van der Waals surface area contributed by atoms with E-state index in [1.165, 1.54) is 0 Å². The first-order chi connectivity index (χ1) is 11.4. The van der Waals surface area contributed by atoms with Crippen molar-refractivity contribution >= 4 is 23.5 Å². The smallest absolute Gasteiger partial charge is 0.335 e. The number of benzene rings is 1. The van der Waals surface area contributed by atoms with Crippen LogP contribution in [0.1, 0.15) is 18.4 Å². The Labute approximate surface area is 143 Å². The first-order valence-electron chi connectivity index (χ1n) is 7.71. The number of rotatable bonds is 3. The van der Waals surface area contributed by atoms with E-state index >= 15 is 0 Å². The van der Waals surface area contributed by atoms with Crippen LogP contribution in [0.25, 0.3) is 0 Å². The highest BCUT2D eigenvalue weighted by molar-refractivity contribution is 6.32. The second kappa shape index (κ2) is 6.49. The number of amides is 1. The lowest BCUT2D eigenvalue weighted by Gasteiger charge is -2.35. The van der Waals surface area contributed by atoms with E-state index in [1.54, 1.807) is 17.0 Å². The Morgan fingerprint density at radius 2 is 1.88 bits per heavy atom. The summed E-state index contributed by atoms with van der Waals surface area (Å²) in [6.45, 7) is 1.28. The van der Waals surface area contributed by atoms with E-state index in [-0.39, 0.29) is 38.3 Å². The zero-order valence-electron chi connectivity index (χ0n) is 13.0. The SMILES string of the molecule is O=C(Cc1cc(Cl)c2c(c1)OCCO2)N1CCC(O)(C(=O)O)CC1. The lowest BCUT2D eigenvalue weighted by atomic mass is 9.91. The molecule has 2 heterocycles. The van der Waals surface area contributed by atoms with Gasteiger partial charge in [0.05, 0.1) is 11.4 Å². The van der Waals surface area contributed by atoms with Gasteiger partial charge in [0.15, 0.2) is 17.1 Å². The highest BCUT2D eigenvalue weighted by Crippen LogP contribution is 2.38. The Bertz CT molecular complexity index is 669. The van der Waals surface area contributed by atoms with Crippen molar-refractivity contribution in [3.63, 3.8) is 0 Å². The van der Waals surface area contributed by atoms with Crippen molar-refractivity contribution < 1.29 is 29.3 Å². The van der Waals surface area contributed by atoms with Crippen molar-refractivity contribution in [1.29, 1.82) is 0 Å². The predicted molar refractivity (Wildman–Crippen MR) is 84.5 cm³/mol. The van der Waals surface area contributed by atoms with Crippen molar-refractivity contribution in [3.8, 4) is 11.5 Å². The van der Waals surface area contributed by atoms with E-state index in [2.05, 4.69) is 0 Å². The maximum absolute atomic E-state index is 12.4. The van der Waals surface area contributed by atoms with E-state index < -0.39 is 11.6 Å². The van der Waals surface area contributed by atoms with Crippen LogP contribution >= 0.6 is 11.6 Å². The summed E-state index contributed by atoms with van der Waals surface area (Å²) in [7, 11) is 0. The van der Waals surface area contributed by atoms with Crippen LogP contribution < -0.4 is 9.47 Å². The van der Waals surface area contributed by atoms with E-state index in [4.69, 9.17) is 26.2 Å². The number of nitrogens with zero attached hydrogens (tertiary/aromatic N) is 1. The van der Waals surface area contributed by atoms with E-state index in [0.717, 1.165) is 0 Å². The fourth-order valence-corrected chi connectivity index (χ4v) is 3.18. The molecule has 1 amide bonds. The van der Waals surface area contributed by atoms with Crippen LogP contribution in [0.4, 0.5) is 0 Å². The average molecular weight is 356 g/mol. The highest BCUT2D eigenvalue weighted by atomic mass is 35.5. The zero-order valence-corrected chi connectivity index (χ0v) is 13.7. The molecule has 0 aromatic heterocycles. The molecule has 24 heavy (non-hydrogen) atoms. The molecule has 2 aliphatic heterocycles. The number of carboxylic acid groups (broad SMARTS) is 1. The van der Waals surface area contributed by atoms with Gasteiger partial charge >= 0.3 is 5.97 Å². The molecule has 3 rings (SSSR count). The molecule has 1 aromatic carbocycles. The van der Waals surface area contributed by atoms with Gasteiger partial charge in [-0.2, -0.15) is 0 Å². The quantitative estimate of drug-likeness (QED) is 0.842. The molecule has 0 unspecified atom stereocenters. The van der Waals surface area contributed by atoms with Crippen LogP contribution in [-0.2, 0) is 16.0 Å². The van der Waals surface area contributed by atoms with Crippen LogP contribution in [0.3, 0.4) is 0 Å². The topological polar surface area (TPSA) is 96.3 Å². The van der Waals surface area contributed by atoms with Gasteiger partial charge in [0.1, 0.15) is 13.2 Å². The highest BCUT2D eigenvalue weighted by Gasteiger charge is 2.40. The Kier molecular flexibility index (Phi) is 4.56. The number of fused-ring (bicyclic) bond motifs is 1. The Morgan fingerprint density at radius 1 is 1.21 bits per heavy atom. The van der Waals surface area contributed by atoms with Crippen molar-refractivity contribution in [2.45, 2.75) is 24.9 Å². The first kappa shape index (κ1) is 16.9. The molecule has 2 aliphatic rings. The standard InChI is InChI=1S/C16H18ClNO6/c17-11-7-10(8-12-14(11)24-6-5-23-12)9-13(19)18-3-1-16(22,2-4-18)15(20)21/h7-8,22H,1-6,9H2,(H,20,21). The van der Waals surface area contributed by atoms with Crippen molar-refractivity contribution in [2.75, 3.05) is 26.3 Å². The first-order valence-corrected chi connectivity index (χ1v) is 8.08. The zero-order chi connectivity index (χ0) is 17.3. The number of hydrogen-bond acceptors (Lipinski definition) is 5. The number of ether oxygens (including phenoxy) is 2. The number of piperidine rings is 1. The molecule has 8 heteroatoms. The number of aliphatic carboxylic acids is 1. The van der Waals surface area contributed by atoms with Crippen LogP contribution in [0, 0.1) is 0 Å². The number of aliphatic hydroxyl groups is 1. The van der Waals surface area contributed by atoms with Gasteiger partial charge in [0.25, 0.3) is 0 Å². The van der Waals surface area contributed by atoms with Gasteiger partial charge in [-0.15, -0.1) is 0 Å². The third-order valence-electron chi connectivity index (χ3n) is 4.35. The fraction of sp³-hybridized carbons (Fsp3) is 0.500. The van der Waals surface area contributed by atoms with Gasteiger partial charge in [0, 0.05) is 25.9 Å². The molecule has 0 aliphatic carbocycles. The van der Waals surface area contributed by atoms with Crippen molar-refractivity contribution in [1.82, 2.24) is 4.90 Å². The average Bonchev–Trinajstić information content (AvgIpc) is 2.55. The van der Waals surface area contributed by atoms with Gasteiger partial charge < -0.3 is 24.6 Å². The fourth-order valence-electron chi connectivity index (χ4n) is 2.89. The third kappa shape index (κ3) is 3.27. The lowest BCUT2D eigenvalue weighted by Crippen LogP contribution is -2.51. The van der Waals surface area contributed by atoms with Gasteiger partial charge in [-0.25, -0.2) is 4.79 Å². The van der Waals surface area contributed by atoms with E-state index in [1.807, 2.05) is 0 Å². The summed E-state index contributed by atoms with van der Waals surface area (Å²) in [6.07, 6.45) is 0.174. The number of halogens is 1. The summed E-state index contributed by atoms with van der Waals surface area (Å²) in [5.74, 6) is -0.373. The number of carboxylic acids is 1. The molecule has 0 atom stereocenters. The minimum atomic E-state index is -1.74. The van der Waals surface area contributed by atoms with Crippen molar-refractivity contribution in [2.24, 2.45) is 0 Å². The summed E-state index contributed by atoms with van der Waals surface area (Å²) in [6, 6.07) is 3.40. The largest absolute Gasteiger partial charge is 0.486 e. The maximum Gasteiger partial charge on any atom is 0.335 e. The van der Waals surface area contributed by atoms with E-state index in [9.17, 15) is 14.7 Å². The molecule has 7 nitrogen and oxygen atoms in total. The maximum atomic E-state index is 12.4. The van der Waals surface area contributed by atoms with Gasteiger partial charge in [-0.1, -0.05) is 11.6 Å². The summed E-state index contributed by atoms with van der Waals surface area (Å²) in [5, 5.41) is 19.3. The normalized spacial score (nSPS) is 19.0. The molecule has 130 valence electrons. The minimum Gasteiger partial charge on any atom is -0.486 e. The molecule has 0 saturated carbocycles. The summed E-state index contributed by atoms with van der Waals surface area (Å²) >= 11 is 6.16. The second-order valence-corrected chi connectivity index (χ2v) is 6.40. The van der Waals surface area contributed by atoms with Gasteiger partial charge in [-0.3, -0.25) is 4.79 Å². The lowest BCUT2D eigenvalue weighted by molar-refractivity contribution is -0.165. The minimum absolute atomic E-state index is 0.0238. The van der Waals surface area contributed by atoms with Gasteiger partial charge in [-0.05, 0) is 17.7 Å². The Balaban J connectivity index is 1.66. The molecular weight excluding hydrogens is 338 g/mol. The van der Waals surface area contributed by atoms with Crippen LogP contribution in [0.15, 0.2) is 12.1 Å². The molecular formula is C16H18ClNO6. The van der Waals surface area contributed by atoms with Crippen LogP contribution in [0.5, 0.6) is 11.5 Å². The van der Waals surface area contributed by atoms with E-state index in [0.29, 0.717) is 35.3 Å².